The van der Waals surface area contributed by atoms with Crippen molar-refractivity contribution >= 4 is 40.3 Å². The van der Waals surface area contributed by atoms with Crippen LogP contribution in [-0.4, -0.2) is 33.7 Å². The maximum atomic E-state index is 14.0. The Hall–Kier alpha value is -2.93. The maximum absolute atomic E-state index is 14.0. The smallest absolute Gasteiger partial charge is 0.412 e. The number of carboxylic acid groups (broad SMARTS) is 1. The van der Waals surface area contributed by atoms with E-state index in [-0.39, 0.29) is 16.4 Å². The zero-order valence-electron chi connectivity index (χ0n) is 12.4. The molecule has 2 aromatic heterocycles. The van der Waals surface area contributed by atoms with E-state index >= 15 is 0 Å². The predicted octanol–water partition coefficient (Wildman–Crippen LogP) is 3.63. The van der Waals surface area contributed by atoms with E-state index in [4.69, 9.17) is 16.7 Å². The SMILES string of the molecule is CN(C(=O)O)c1nccc2c1ccn2C(=O)c1c(F)cccc1Cl. The van der Waals surface area contributed by atoms with Crippen molar-refractivity contribution in [2.75, 3.05) is 11.9 Å². The highest BCUT2D eigenvalue weighted by Crippen LogP contribution is 2.27. The van der Waals surface area contributed by atoms with Gasteiger partial charge in [-0.3, -0.25) is 14.3 Å². The minimum atomic E-state index is -1.19. The number of halogens is 2. The summed E-state index contributed by atoms with van der Waals surface area (Å²) >= 11 is 5.94. The van der Waals surface area contributed by atoms with E-state index in [2.05, 4.69) is 4.98 Å². The van der Waals surface area contributed by atoms with Gasteiger partial charge in [-0.1, -0.05) is 17.7 Å². The minimum absolute atomic E-state index is 0.00113. The molecule has 3 rings (SSSR count). The third kappa shape index (κ3) is 2.48. The number of fused-ring (bicyclic) bond motifs is 1. The van der Waals surface area contributed by atoms with E-state index < -0.39 is 17.8 Å². The molecule has 0 saturated carbocycles. The van der Waals surface area contributed by atoms with Crippen LogP contribution in [0.5, 0.6) is 0 Å². The molecule has 1 amide bonds. The van der Waals surface area contributed by atoms with Gasteiger partial charge < -0.3 is 5.11 Å². The first-order valence-corrected chi connectivity index (χ1v) is 7.21. The lowest BCUT2D eigenvalue weighted by Crippen LogP contribution is -2.25. The van der Waals surface area contributed by atoms with E-state index in [9.17, 15) is 14.0 Å². The molecule has 0 aliphatic rings. The van der Waals surface area contributed by atoms with Gasteiger partial charge in [0.05, 0.1) is 16.1 Å². The summed E-state index contributed by atoms with van der Waals surface area (Å²) in [5.41, 5.74) is 0.152. The minimum Gasteiger partial charge on any atom is -0.465 e. The second kappa shape index (κ2) is 5.93. The summed E-state index contributed by atoms with van der Waals surface area (Å²) in [6, 6.07) is 7.07. The quantitative estimate of drug-likeness (QED) is 0.768. The molecule has 8 heteroatoms. The molecule has 3 aromatic rings. The Bertz CT molecular complexity index is 950. The van der Waals surface area contributed by atoms with Gasteiger partial charge in [0.1, 0.15) is 11.6 Å². The predicted molar refractivity (Wildman–Crippen MR) is 87.3 cm³/mol. The van der Waals surface area contributed by atoms with E-state index in [0.717, 1.165) is 11.0 Å². The standard InChI is InChI=1S/C16H11ClFN3O3/c1-20(16(23)24)14-9-6-8-21(12(9)5-7-19-14)15(22)13-10(17)3-2-4-11(13)18/h2-8H,1H3,(H,23,24). The number of hydrogen-bond acceptors (Lipinski definition) is 3. The Morgan fingerprint density at radius 3 is 2.71 bits per heavy atom. The number of pyridine rings is 1. The first-order valence-electron chi connectivity index (χ1n) is 6.83. The van der Waals surface area contributed by atoms with Crippen LogP contribution in [-0.2, 0) is 0 Å². The number of benzene rings is 1. The highest BCUT2D eigenvalue weighted by molar-refractivity contribution is 6.34. The van der Waals surface area contributed by atoms with Crippen molar-refractivity contribution in [3.63, 3.8) is 0 Å². The second-order valence-electron chi connectivity index (χ2n) is 5.00. The van der Waals surface area contributed by atoms with E-state index in [0.29, 0.717) is 10.9 Å². The van der Waals surface area contributed by atoms with E-state index in [1.165, 1.54) is 36.1 Å². The molecule has 122 valence electrons. The average molecular weight is 348 g/mol. The van der Waals surface area contributed by atoms with Gasteiger partial charge in [0.2, 0.25) is 0 Å². The lowest BCUT2D eigenvalue weighted by molar-refractivity contribution is 0.0961. The average Bonchev–Trinajstić information content (AvgIpc) is 2.97. The largest absolute Gasteiger partial charge is 0.465 e. The molecule has 0 aliphatic heterocycles. The van der Waals surface area contributed by atoms with Crippen LogP contribution in [0.4, 0.5) is 15.0 Å². The van der Waals surface area contributed by atoms with E-state index in [1.807, 2.05) is 0 Å². The number of anilines is 1. The first kappa shape index (κ1) is 15.9. The van der Waals surface area contributed by atoms with Gasteiger partial charge in [0, 0.05) is 24.8 Å². The Morgan fingerprint density at radius 2 is 2.04 bits per heavy atom. The molecule has 6 nitrogen and oxygen atoms in total. The van der Waals surface area contributed by atoms with Gasteiger partial charge in [-0.15, -0.1) is 0 Å². The van der Waals surface area contributed by atoms with Crippen LogP contribution in [0.1, 0.15) is 10.4 Å². The number of carbonyl (C=O) groups is 2. The van der Waals surface area contributed by atoms with Gasteiger partial charge in [0.15, 0.2) is 0 Å². The first-order chi connectivity index (χ1) is 11.4. The molecule has 0 bridgehead atoms. The second-order valence-corrected chi connectivity index (χ2v) is 5.40. The van der Waals surface area contributed by atoms with Gasteiger partial charge in [-0.25, -0.2) is 14.2 Å². The van der Waals surface area contributed by atoms with Crippen LogP contribution in [0.3, 0.4) is 0 Å². The van der Waals surface area contributed by atoms with Crippen LogP contribution >= 0.6 is 11.6 Å². The summed E-state index contributed by atoms with van der Waals surface area (Å²) < 4.78 is 15.2. The van der Waals surface area contributed by atoms with Crippen molar-refractivity contribution in [2.24, 2.45) is 0 Å². The lowest BCUT2D eigenvalue weighted by Gasteiger charge is -2.13. The fraction of sp³-hybridized carbons (Fsp3) is 0.0625. The molecule has 0 radical (unpaired) electrons. The highest BCUT2D eigenvalue weighted by atomic mass is 35.5. The molecule has 0 unspecified atom stereocenters. The molecule has 24 heavy (non-hydrogen) atoms. The van der Waals surface area contributed by atoms with Crippen LogP contribution in [0.25, 0.3) is 10.9 Å². The van der Waals surface area contributed by atoms with Crippen molar-refractivity contribution in [2.45, 2.75) is 0 Å². The fourth-order valence-electron chi connectivity index (χ4n) is 2.41. The summed E-state index contributed by atoms with van der Waals surface area (Å²) in [4.78, 5) is 28.8. The third-order valence-corrected chi connectivity index (χ3v) is 3.91. The molecular formula is C16H11ClFN3O3. The molecule has 0 atom stereocenters. The summed E-state index contributed by atoms with van der Waals surface area (Å²) in [6.07, 6.45) is 1.62. The lowest BCUT2D eigenvalue weighted by atomic mass is 10.2. The van der Waals surface area contributed by atoms with Gasteiger partial charge in [-0.05, 0) is 24.3 Å². The Morgan fingerprint density at radius 1 is 1.29 bits per heavy atom. The van der Waals surface area contributed by atoms with Gasteiger partial charge in [0.25, 0.3) is 5.91 Å². The van der Waals surface area contributed by atoms with Crippen LogP contribution in [0.15, 0.2) is 42.7 Å². The Labute approximate surface area is 140 Å². The number of carbonyl (C=O) groups excluding carboxylic acids is 1. The third-order valence-electron chi connectivity index (χ3n) is 3.60. The van der Waals surface area contributed by atoms with Crippen molar-refractivity contribution < 1.29 is 19.1 Å². The zero-order valence-corrected chi connectivity index (χ0v) is 13.2. The number of nitrogens with zero attached hydrogens (tertiary/aromatic N) is 3. The van der Waals surface area contributed by atoms with Crippen molar-refractivity contribution in [3.8, 4) is 0 Å². The normalized spacial score (nSPS) is 10.8. The summed E-state index contributed by atoms with van der Waals surface area (Å²) in [6.45, 7) is 0. The number of amides is 1. The summed E-state index contributed by atoms with van der Waals surface area (Å²) in [5.74, 6) is -1.21. The molecule has 0 saturated heterocycles. The van der Waals surface area contributed by atoms with Crippen molar-refractivity contribution in [1.29, 1.82) is 0 Å². The molecule has 1 aromatic carbocycles. The summed E-state index contributed by atoms with van der Waals surface area (Å²) in [7, 11) is 1.34. The molecule has 0 aliphatic carbocycles. The molecule has 1 N–H and O–H groups in total. The Balaban J connectivity index is 2.17. The van der Waals surface area contributed by atoms with Gasteiger partial charge in [-0.2, -0.15) is 0 Å². The number of aromatic nitrogens is 2. The monoisotopic (exact) mass is 347 g/mol. The molecule has 0 spiro atoms. The topological polar surface area (TPSA) is 75.4 Å². The molecule has 0 fully saturated rings. The number of hydrogen-bond donors (Lipinski definition) is 1. The van der Waals surface area contributed by atoms with Crippen LogP contribution in [0, 0.1) is 5.82 Å². The number of rotatable bonds is 2. The van der Waals surface area contributed by atoms with Crippen molar-refractivity contribution in [3.05, 3.63) is 59.1 Å². The molecule has 2 heterocycles. The zero-order chi connectivity index (χ0) is 17.4. The van der Waals surface area contributed by atoms with Gasteiger partial charge >= 0.3 is 6.09 Å². The highest BCUT2D eigenvalue weighted by Gasteiger charge is 2.21. The van der Waals surface area contributed by atoms with Crippen LogP contribution in [0.2, 0.25) is 5.02 Å². The maximum Gasteiger partial charge on any atom is 0.412 e. The summed E-state index contributed by atoms with van der Waals surface area (Å²) in [5, 5.41) is 9.55. The van der Waals surface area contributed by atoms with E-state index in [1.54, 1.807) is 12.1 Å². The fourth-order valence-corrected chi connectivity index (χ4v) is 2.65. The Kier molecular flexibility index (Phi) is 3.94. The molecular weight excluding hydrogens is 337 g/mol. The van der Waals surface area contributed by atoms with Crippen LogP contribution < -0.4 is 4.90 Å². The van der Waals surface area contributed by atoms with Crippen molar-refractivity contribution in [1.82, 2.24) is 9.55 Å².